The van der Waals surface area contributed by atoms with Crippen LogP contribution in [-0.2, 0) is 16.0 Å². The largest absolute Gasteiger partial charge is 0.378 e. The van der Waals surface area contributed by atoms with E-state index in [1.807, 2.05) is 34.1 Å². The number of amides is 2. The summed E-state index contributed by atoms with van der Waals surface area (Å²) in [6.45, 7) is 3.80. The fraction of sp³-hybridized carbons (Fsp3) is 0.400. The number of fused-ring (bicyclic) bond motifs is 1. The molecule has 2 aliphatic heterocycles. The summed E-state index contributed by atoms with van der Waals surface area (Å²) in [5, 5.41) is 1.05. The van der Waals surface area contributed by atoms with E-state index < -0.39 is 0 Å². The number of morpholine rings is 1. The first-order valence-corrected chi connectivity index (χ1v) is 12.1. The highest BCUT2D eigenvalue weighted by Crippen LogP contribution is 2.40. The molecule has 2 saturated heterocycles. The van der Waals surface area contributed by atoms with E-state index in [0.717, 1.165) is 40.0 Å². The van der Waals surface area contributed by atoms with Crippen LogP contribution in [0, 0.1) is 0 Å². The number of likely N-dealkylation sites (tertiary alicyclic amines) is 1. The van der Waals surface area contributed by atoms with Crippen molar-refractivity contribution in [2.75, 3.05) is 39.4 Å². The minimum Gasteiger partial charge on any atom is -0.378 e. The van der Waals surface area contributed by atoms with E-state index in [-0.39, 0.29) is 17.7 Å². The Morgan fingerprint density at radius 1 is 1.03 bits per heavy atom. The predicted molar refractivity (Wildman–Crippen MR) is 125 cm³/mol. The van der Waals surface area contributed by atoms with Gasteiger partial charge < -0.3 is 14.5 Å². The van der Waals surface area contributed by atoms with Crippen molar-refractivity contribution in [3.8, 4) is 0 Å². The third kappa shape index (κ3) is 4.27. The Morgan fingerprint density at radius 2 is 1.84 bits per heavy atom. The molecule has 32 heavy (non-hydrogen) atoms. The van der Waals surface area contributed by atoms with Crippen LogP contribution in [0.15, 0.2) is 48.7 Å². The number of rotatable bonds is 5. The predicted octanol–water partition coefficient (Wildman–Crippen LogP) is 3.72. The minimum atomic E-state index is 0.0696. The van der Waals surface area contributed by atoms with Crippen LogP contribution in [0.3, 0.4) is 0 Å². The first kappa shape index (κ1) is 21.1. The summed E-state index contributed by atoms with van der Waals surface area (Å²) in [5.41, 5.74) is 2.26. The zero-order valence-corrected chi connectivity index (χ0v) is 18.9. The number of nitrogens with zero attached hydrogens (tertiary/aromatic N) is 3. The summed E-state index contributed by atoms with van der Waals surface area (Å²) in [7, 11) is 0. The number of thiophene rings is 1. The molecule has 6 nitrogen and oxygen atoms in total. The summed E-state index contributed by atoms with van der Waals surface area (Å²) in [4.78, 5) is 36.3. The molecular formula is C25H27N3O3S. The highest BCUT2D eigenvalue weighted by molar-refractivity contribution is 7.20. The molecule has 0 aliphatic carbocycles. The molecule has 2 amide bonds. The van der Waals surface area contributed by atoms with Crippen LogP contribution < -0.4 is 0 Å². The zero-order chi connectivity index (χ0) is 21.9. The van der Waals surface area contributed by atoms with Crippen molar-refractivity contribution in [3.05, 3.63) is 64.7 Å². The smallest absolute Gasteiger partial charge is 0.264 e. The van der Waals surface area contributed by atoms with Gasteiger partial charge in [0.1, 0.15) is 4.83 Å². The Hall–Kier alpha value is -2.77. The highest BCUT2D eigenvalue weighted by Gasteiger charge is 2.34. The molecule has 2 aliphatic rings. The molecule has 7 heteroatoms. The lowest BCUT2D eigenvalue weighted by molar-refractivity contribution is -0.130. The minimum absolute atomic E-state index is 0.0696. The number of hydrogen-bond donors (Lipinski definition) is 0. The van der Waals surface area contributed by atoms with Gasteiger partial charge in [-0.3, -0.25) is 9.59 Å². The van der Waals surface area contributed by atoms with Gasteiger partial charge in [0.2, 0.25) is 5.91 Å². The van der Waals surface area contributed by atoms with Gasteiger partial charge in [-0.1, -0.05) is 36.4 Å². The molecule has 0 spiro atoms. The maximum atomic E-state index is 13.4. The number of benzene rings is 1. The molecule has 5 rings (SSSR count). The summed E-state index contributed by atoms with van der Waals surface area (Å²) in [6, 6.07) is 14.1. The zero-order valence-electron chi connectivity index (χ0n) is 18.0. The van der Waals surface area contributed by atoms with Gasteiger partial charge >= 0.3 is 0 Å². The van der Waals surface area contributed by atoms with E-state index >= 15 is 0 Å². The first-order chi connectivity index (χ1) is 15.7. The monoisotopic (exact) mass is 449 g/mol. The van der Waals surface area contributed by atoms with Crippen molar-refractivity contribution in [1.29, 1.82) is 0 Å². The average molecular weight is 450 g/mol. The number of aryl methyl sites for hydroxylation is 1. The molecule has 1 atom stereocenters. The van der Waals surface area contributed by atoms with Crippen LogP contribution in [0.25, 0.3) is 10.2 Å². The van der Waals surface area contributed by atoms with Crippen LogP contribution in [-0.4, -0.2) is 66.0 Å². The second kappa shape index (κ2) is 9.38. The molecule has 4 heterocycles. The number of aromatic nitrogens is 1. The Kier molecular flexibility index (Phi) is 6.19. The number of ether oxygens (including phenoxy) is 1. The normalized spacial score (nSPS) is 18.9. The van der Waals surface area contributed by atoms with Crippen molar-refractivity contribution in [1.82, 2.24) is 14.8 Å². The van der Waals surface area contributed by atoms with E-state index in [1.165, 1.54) is 16.9 Å². The lowest BCUT2D eigenvalue weighted by atomic mass is 9.95. The summed E-state index contributed by atoms with van der Waals surface area (Å²) in [5.74, 6) is 0.420. The van der Waals surface area contributed by atoms with E-state index in [2.05, 4.69) is 23.2 Å². The SMILES string of the molecule is O=C(CCc1ccccc1)N1CC[C@@H](c2c(C(=O)N3CCOCC3)sc3ncccc23)C1. The van der Waals surface area contributed by atoms with Gasteiger partial charge in [0, 0.05) is 50.1 Å². The van der Waals surface area contributed by atoms with Crippen molar-refractivity contribution in [2.24, 2.45) is 0 Å². The third-order valence-electron chi connectivity index (χ3n) is 6.42. The van der Waals surface area contributed by atoms with E-state index in [0.29, 0.717) is 39.3 Å². The van der Waals surface area contributed by atoms with Gasteiger partial charge in [0.25, 0.3) is 5.91 Å². The van der Waals surface area contributed by atoms with Crippen LogP contribution in [0.5, 0.6) is 0 Å². The number of hydrogen-bond acceptors (Lipinski definition) is 5. The number of carbonyl (C=O) groups excluding carboxylic acids is 2. The number of pyridine rings is 1. The Morgan fingerprint density at radius 3 is 2.66 bits per heavy atom. The van der Waals surface area contributed by atoms with Crippen LogP contribution in [0.4, 0.5) is 0 Å². The maximum Gasteiger partial charge on any atom is 0.264 e. The van der Waals surface area contributed by atoms with Crippen molar-refractivity contribution in [2.45, 2.75) is 25.2 Å². The van der Waals surface area contributed by atoms with Crippen LogP contribution in [0.1, 0.15) is 39.6 Å². The van der Waals surface area contributed by atoms with Crippen molar-refractivity contribution in [3.63, 3.8) is 0 Å². The standard InChI is InChI=1S/C25H27N3O3S/c29-21(9-8-18-5-2-1-3-6-18)28-12-10-19(17-28)22-20-7-4-11-26-24(20)32-23(22)25(30)27-13-15-31-16-14-27/h1-7,11,19H,8-10,12-17H2/t19-/m1/s1. The van der Waals surface area contributed by atoms with E-state index in [4.69, 9.17) is 4.74 Å². The molecule has 166 valence electrons. The fourth-order valence-corrected chi connectivity index (χ4v) is 5.90. The fourth-order valence-electron chi connectivity index (χ4n) is 4.70. The van der Waals surface area contributed by atoms with Gasteiger partial charge in [0.05, 0.1) is 18.1 Å². The second-order valence-electron chi connectivity index (χ2n) is 8.42. The first-order valence-electron chi connectivity index (χ1n) is 11.3. The van der Waals surface area contributed by atoms with E-state index in [1.54, 1.807) is 6.20 Å². The molecule has 0 bridgehead atoms. The van der Waals surface area contributed by atoms with Crippen molar-refractivity contribution < 1.29 is 14.3 Å². The average Bonchev–Trinajstić information content (AvgIpc) is 3.48. The molecule has 2 aromatic heterocycles. The van der Waals surface area contributed by atoms with Crippen molar-refractivity contribution >= 4 is 33.4 Å². The molecule has 0 N–H and O–H groups in total. The molecule has 1 aromatic carbocycles. The topological polar surface area (TPSA) is 62.7 Å². The van der Waals surface area contributed by atoms with Gasteiger partial charge in [-0.2, -0.15) is 0 Å². The molecule has 0 radical (unpaired) electrons. The molecule has 2 fully saturated rings. The quantitative estimate of drug-likeness (QED) is 0.596. The van der Waals surface area contributed by atoms with Gasteiger partial charge in [-0.05, 0) is 30.0 Å². The van der Waals surface area contributed by atoms with Gasteiger partial charge in [0.15, 0.2) is 0 Å². The second-order valence-corrected chi connectivity index (χ2v) is 9.42. The molecule has 3 aromatic rings. The van der Waals surface area contributed by atoms with Crippen LogP contribution in [0.2, 0.25) is 0 Å². The summed E-state index contributed by atoms with van der Waals surface area (Å²) >= 11 is 1.48. The van der Waals surface area contributed by atoms with Gasteiger partial charge in [-0.25, -0.2) is 4.98 Å². The molecular weight excluding hydrogens is 422 g/mol. The van der Waals surface area contributed by atoms with Gasteiger partial charge in [-0.15, -0.1) is 11.3 Å². The lowest BCUT2D eigenvalue weighted by Crippen LogP contribution is -2.40. The Balaban J connectivity index is 1.35. The Labute approximate surface area is 191 Å². The van der Waals surface area contributed by atoms with Crippen LogP contribution >= 0.6 is 11.3 Å². The molecule has 0 saturated carbocycles. The third-order valence-corrected chi connectivity index (χ3v) is 7.53. The summed E-state index contributed by atoms with van der Waals surface area (Å²) in [6.07, 6.45) is 3.93. The maximum absolute atomic E-state index is 13.4. The number of carbonyl (C=O) groups is 2. The van der Waals surface area contributed by atoms with E-state index in [9.17, 15) is 9.59 Å². The Bertz CT molecular complexity index is 1110. The molecule has 0 unspecified atom stereocenters. The lowest BCUT2D eigenvalue weighted by Gasteiger charge is -2.27. The summed E-state index contributed by atoms with van der Waals surface area (Å²) < 4.78 is 5.42. The highest BCUT2D eigenvalue weighted by atomic mass is 32.1.